The van der Waals surface area contributed by atoms with Gasteiger partial charge in [0.2, 0.25) is 5.91 Å². The van der Waals surface area contributed by atoms with E-state index in [0.29, 0.717) is 19.4 Å². The number of amides is 1. The van der Waals surface area contributed by atoms with Crippen molar-refractivity contribution in [1.29, 1.82) is 0 Å². The highest BCUT2D eigenvalue weighted by atomic mass is 16.5. The summed E-state index contributed by atoms with van der Waals surface area (Å²) in [6, 6.07) is 15.8. The third-order valence-electron chi connectivity index (χ3n) is 4.82. The summed E-state index contributed by atoms with van der Waals surface area (Å²) in [4.78, 5) is 14.9. The van der Waals surface area contributed by atoms with Gasteiger partial charge in [0, 0.05) is 31.6 Å². The molecule has 5 nitrogen and oxygen atoms in total. The fraction of sp³-hybridized carbons (Fsp3) is 0.381. The van der Waals surface area contributed by atoms with Crippen molar-refractivity contribution in [2.45, 2.75) is 18.9 Å². The molecule has 1 N–H and O–H groups in total. The van der Waals surface area contributed by atoms with E-state index in [1.165, 1.54) is 0 Å². The highest BCUT2D eigenvalue weighted by Crippen LogP contribution is 2.30. The highest BCUT2D eigenvalue weighted by Gasteiger charge is 2.29. The number of hydrogen-bond acceptors (Lipinski definition) is 4. The lowest BCUT2D eigenvalue weighted by Crippen LogP contribution is -2.48. The van der Waals surface area contributed by atoms with Gasteiger partial charge in [-0.05, 0) is 30.2 Å². The molecule has 3 rings (SSSR count). The number of carbonyl (C=O) groups is 1. The molecule has 0 spiro atoms. The fourth-order valence-corrected chi connectivity index (χ4v) is 3.45. The molecular formula is C21H26N2O3. The van der Waals surface area contributed by atoms with E-state index in [2.05, 4.69) is 5.32 Å². The topological polar surface area (TPSA) is 50.8 Å². The standard InChI is InChI=1S/C21H26N2O3/c1-25-17-7-5-6-16(14-17)10-11-21(24)23-13-12-22-15-19(23)18-8-3-4-9-20(18)26-2/h3-9,14,19,22H,10-13,15H2,1-2H3. The Morgan fingerprint density at radius 1 is 1.15 bits per heavy atom. The largest absolute Gasteiger partial charge is 0.497 e. The smallest absolute Gasteiger partial charge is 0.223 e. The van der Waals surface area contributed by atoms with E-state index in [1.807, 2.05) is 53.4 Å². The number of nitrogens with zero attached hydrogens (tertiary/aromatic N) is 1. The van der Waals surface area contributed by atoms with Crippen LogP contribution < -0.4 is 14.8 Å². The zero-order valence-corrected chi connectivity index (χ0v) is 15.4. The predicted molar refractivity (Wildman–Crippen MR) is 102 cm³/mol. The molecular weight excluding hydrogens is 328 g/mol. The van der Waals surface area contributed by atoms with Crippen LogP contribution in [-0.4, -0.2) is 44.7 Å². The van der Waals surface area contributed by atoms with Crippen molar-refractivity contribution < 1.29 is 14.3 Å². The van der Waals surface area contributed by atoms with Crippen LogP contribution in [0.2, 0.25) is 0 Å². The Labute approximate surface area is 154 Å². The molecule has 2 aromatic carbocycles. The van der Waals surface area contributed by atoms with Crippen LogP contribution in [0.3, 0.4) is 0 Å². The van der Waals surface area contributed by atoms with Crippen LogP contribution in [0.1, 0.15) is 23.6 Å². The maximum atomic E-state index is 12.9. The lowest BCUT2D eigenvalue weighted by molar-refractivity contribution is -0.134. The molecule has 1 unspecified atom stereocenters. The van der Waals surface area contributed by atoms with Crippen molar-refractivity contribution in [2.24, 2.45) is 0 Å². The van der Waals surface area contributed by atoms with Crippen molar-refractivity contribution in [3.63, 3.8) is 0 Å². The minimum atomic E-state index is -0.00212. The molecule has 0 saturated carbocycles. The van der Waals surface area contributed by atoms with Gasteiger partial charge in [0.05, 0.1) is 20.3 Å². The van der Waals surface area contributed by atoms with Crippen LogP contribution in [0.5, 0.6) is 11.5 Å². The number of benzene rings is 2. The summed E-state index contributed by atoms with van der Waals surface area (Å²) in [5.74, 6) is 1.82. The Morgan fingerprint density at radius 3 is 2.81 bits per heavy atom. The van der Waals surface area contributed by atoms with Crippen LogP contribution >= 0.6 is 0 Å². The number of carbonyl (C=O) groups excluding carboxylic acids is 1. The van der Waals surface area contributed by atoms with Gasteiger partial charge in [-0.2, -0.15) is 0 Å². The highest BCUT2D eigenvalue weighted by molar-refractivity contribution is 5.77. The van der Waals surface area contributed by atoms with E-state index < -0.39 is 0 Å². The minimum Gasteiger partial charge on any atom is -0.497 e. The Balaban J connectivity index is 1.71. The summed E-state index contributed by atoms with van der Waals surface area (Å²) < 4.78 is 10.8. The van der Waals surface area contributed by atoms with Crippen LogP contribution in [-0.2, 0) is 11.2 Å². The van der Waals surface area contributed by atoms with Gasteiger partial charge in [-0.25, -0.2) is 0 Å². The molecule has 1 saturated heterocycles. The quantitative estimate of drug-likeness (QED) is 0.867. The maximum absolute atomic E-state index is 12.9. The second-order valence-corrected chi connectivity index (χ2v) is 6.40. The summed E-state index contributed by atoms with van der Waals surface area (Å²) in [7, 11) is 3.33. The molecule has 0 bridgehead atoms. The second kappa shape index (κ2) is 8.72. The summed E-state index contributed by atoms with van der Waals surface area (Å²) in [6.45, 7) is 2.27. The first-order valence-corrected chi connectivity index (χ1v) is 8.99. The fourth-order valence-electron chi connectivity index (χ4n) is 3.45. The first-order valence-electron chi connectivity index (χ1n) is 8.99. The third kappa shape index (κ3) is 4.17. The van der Waals surface area contributed by atoms with Gasteiger partial charge >= 0.3 is 0 Å². The Bertz CT molecular complexity index is 748. The van der Waals surface area contributed by atoms with Crippen LogP contribution in [0.25, 0.3) is 0 Å². The first kappa shape index (κ1) is 18.3. The summed E-state index contributed by atoms with van der Waals surface area (Å²) in [5, 5.41) is 3.39. The SMILES string of the molecule is COc1cccc(CCC(=O)N2CCNCC2c2ccccc2OC)c1. The molecule has 5 heteroatoms. The molecule has 1 aliphatic rings. The Morgan fingerprint density at radius 2 is 2.00 bits per heavy atom. The molecule has 0 radical (unpaired) electrons. The van der Waals surface area contributed by atoms with Gasteiger partial charge in [0.25, 0.3) is 0 Å². The number of hydrogen-bond donors (Lipinski definition) is 1. The van der Waals surface area contributed by atoms with Gasteiger partial charge in [0.15, 0.2) is 0 Å². The Hall–Kier alpha value is -2.53. The maximum Gasteiger partial charge on any atom is 0.223 e. The number of nitrogens with one attached hydrogen (secondary N) is 1. The molecule has 0 aromatic heterocycles. The van der Waals surface area contributed by atoms with E-state index in [1.54, 1.807) is 14.2 Å². The number of methoxy groups -OCH3 is 2. The van der Waals surface area contributed by atoms with E-state index in [9.17, 15) is 4.79 Å². The van der Waals surface area contributed by atoms with Crippen LogP contribution in [0.15, 0.2) is 48.5 Å². The van der Waals surface area contributed by atoms with Gasteiger partial charge in [0.1, 0.15) is 11.5 Å². The van der Waals surface area contributed by atoms with Crippen molar-refractivity contribution in [1.82, 2.24) is 10.2 Å². The average molecular weight is 354 g/mol. The zero-order valence-electron chi connectivity index (χ0n) is 15.4. The molecule has 1 heterocycles. The van der Waals surface area contributed by atoms with Crippen molar-refractivity contribution in [3.8, 4) is 11.5 Å². The Kier molecular flexibility index (Phi) is 6.12. The van der Waals surface area contributed by atoms with Gasteiger partial charge in [-0.3, -0.25) is 4.79 Å². The van der Waals surface area contributed by atoms with E-state index in [4.69, 9.17) is 9.47 Å². The third-order valence-corrected chi connectivity index (χ3v) is 4.82. The number of piperazine rings is 1. The number of ether oxygens (including phenoxy) is 2. The molecule has 1 aliphatic heterocycles. The molecule has 1 fully saturated rings. The summed E-state index contributed by atoms with van der Waals surface area (Å²) in [5.41, 5.74) is 2.17. The van der Waals surface area contributed by atoms with Crippen molar-refractivity contribution in [3.05, 3.63) is 59.7 Å². The average Bonchev–Trinajstić information content (AvgIpc) is 2.72. The summed E-state index contributed by atoms with van der Waals surface area (Å²) >= 11 is 0. The lowest BCUT2D eigenvalue weighted by Gasteiger charge is -2.37. The normalized spacial score (nSPS) is 17.0. The first-order chi connectivity index (χ1) is 12.7. The molecule has 0 aliphatic carbocycles. The van der Waals surface area contributed by atoms with Crippen LogP contribution in [0, 0.1) is 0 Å². The van der Waals surface area contributed by atoms with E-state index >= 15 is 0 Å². The second-order valence-electron chi connectivity index (χ2n) is 6.40. The lowest BCUT2D eigenvalue weighted by atomic mass is 10.0. The monoisotopic (exact) mass is 354 g/mol. The molecule has 1 amide bonds. The molecule has 1 atom stereocenters. The summed E-state index contributed by atoms with van der Waals surface area (Å²) in [6.07, 6.45) is 1.19. The number of aryl methyl sites for hydroxylation is 1. The van der Waals surface area contributed by atoms with E-state index in [-0.39, 0.29) is 11.9 Å². The molecule has 26 heavy (non-hydrogen) atoms. The van der Waals surface area contributed by atoms with E-state index in [0.717, 1.165) is 35.7 Å². The molecule has 2 aromatic rings. The molecule has 138 valence electrons. The van der Waals surface area contributed by atoms with Gasteiger partial charge in [-0.15, -0.1) is 0 Å². The number of para-hydroxylation sites is 1. The number of rotatable bonds is 6. The van der Waals surface area contributed by atoms with Crippen molar-refractivity contribution in [2.75, 3.05) is 33.9 Å². The van der Waals surface area contributed by atoms with Gasteiger partial charge in [-0.1, -0.05) is 30.3 Å². The van der Waals surface area contributed by atoms with Crippen LogP contribution in [0.4, 0.5) is 0 Å². The zero-order chi connectivity index (χ0) is 18.4. The van der Waals surface area contributed by atoms with Crippen molar-refractivity contribution >= 4 is 5.91 Å². The van der Waals surface area contributed by atoms with Gasteiger partial charge < -0.3 is 19.7 Å². The minimum absolute atomic E-state index is 0.00212. The predicted octanol–water partition coefficient (Wildman–Crippen LogP) is 2.81.